The molecular weight excluding hydrogens is 378 g/mol. The standard InChI is InChI=1S/C21H20ClN3OS/c1-15-11-17(16(2)25(15)19-8-6-7-18(22)12-19)13-23-24-21(26)14-27-20-9-4-3-5-10-20/h3-13H,14H2,1-2H3,(H,24,26)/b23-13-. The van der Waals surface area contributed by atoms with Gasteiger partial charge >= 0.3 is 0 Å². The second kappa shape index (κ2) is 8.93. The molecule has 1 aromatic heterocycles. The van der Waals surface area contributed by atoms with Crippen LogP contribution in [0.3, 0.4) is 0 Å². The smallest absolute Gasteiger partial charge is 0.250 e. The summed E-state index contributed by atoms with van der Waals surface area (Å²) in [5.74, 6) is 0.187. The molecule has 0 saturated carbocycles. The number of aryl methyl sites for hydroxylation is 1. The maximum Gasteiger partial charge on any atom is 0.250 e. The van der Waals surface area contributed by atoms with E-state index in [1.165, 1.54) is 11.8 Å². The van der Waals surface area contributed by atoms with Crippen molar-refractivity contribution in [3.05, 3.63) is 82.6 Å². The molecule has 1 N–H and O–H groups in total. The third-order valence-electron chi connectivity index (χ3n) is 4.04. The molecule has 0 aliphatic carbocycles. The topological polar surface area (TPSA) is 46.4 Å². The summed E-state index contributed by atoms with van der Waals surface area (Å²) in [6.45, 7) is 4.04. The second-order valence-corrected chi connectivity index (χ2v) is 7.52. The number of hydrogen-bond acceptors (Lipinski definition) is 3. The zero-order valence-electron chi connectivity index (χ0n) is 15.1. The maximum atomic E-state index is 12.0. The monoisotopic (exact) mass is 397 g/mol. The molecule has 3 rings (SSSR count). The highest BCUT2D eigenvalue weighted by atomic mass is 35.5. The number of carbonyl (C=O) groups excluding carboxylic acids is 1. The Labute approximate surface area is 168 Å². The summed E-state index contributed by atoms with van der Waals surface area (Å²) in [7, 11) is 0. The van der Waals surface area contributed by atoms with Crippen molar-refractivity contribution in [1.82, 2.24) is 9.99 Å². The number of thioether (sulfide) groups is 1. The molecule has 0 bridgehead atoms. The summed E-state index contributed by atoms with van der Waals surface area (Å²) < 4.78 is 2.11. The molecule has 4 nitrogen and oxygen atoms in total. The zero-order chi connectivity index (χ0) is 19.2. The van der Waals surface area contributed by atoms with E-state index in [-0.39, 0.29) is 5.91 Å². The molecule has 0 atom stereocenters. The first-order chi connectivity index (χ1) is 13.0. The van der Waals surface area contributed by atoms with Crippen LogP contribution in [0, 0.1) is 13.8 Å². The Bertz CT molecular complexity index is 967. The molecule has 0 spiro atoms. The number of aromatic nitrogens is 1. The largest absolute Gasteiger partial charge is 0.318 e. The van der Waals surface area contributed by atoms with Crippen molar-refractivity contribution in [3.63, 3.8) is 0 Å². The van der Waals surface area contributed by atoms with E-state index in [4.69, 9.17) is 11.6 Å². The van der Waals surface area contributed by atoms with Gasteiger partial charge in [-0.25, -0.2) is 5.43 Å². The van der Waals surface area contributed by atoms with Crippen molar-refractivity contribution in [2.45, 2.75) is 18.7 Å². The Morgan fingerprint density at radius 3 is 2.67 bits per heavy atom. The summed E-state index contributed by atoms with van der Waals surface area (Å²) in [5, 5.41) is 4.80. The predicted molar refractivity (Wildman–Crippen MR) is 113 cm³/mol. The lowest BCUT2D eigenvalue weighted by Gasteiger charge is -2.09. The average molecular weight is 398 g/mol. The molecule has 0 saturated heterocycles. The fourth-order valence-electron chi connectivity index (χ4n) is 2.80. The molecule has 27 heavy (non-hydrogen) atoms. The number of nitrogens with zero attached hydrogens (tertiary/aromatic N) is 2. The van der Waals surface area contributed by atoms with Crippen LogP contribution in [0.2, 0.25) is 5.02 Å². The first kappa shape index (κ1) is 19.3. The van der Waals surface area contributed by atoms with Gasteiger partial charge in [0.2, 0.25) is 5.91 Å². The Kier molecular flexibility index (Phi) is 6.37. The van der Waals surface area contributed by atoms with Crippen LogP contribution in [0.25, 0.3) is 5.69 Å². The highest BCUT2D eigenvalue weighted by Gasteiger charge is 2.10. The van der Waals surface area contributed by atoms with Crippen molar-refractivity contribution in [1.29, 1.82) is 0 Å². The fraction of sp³-hybridized carbons (Fsp3) is 0.143. The molecule has 138 valence electrons. The highest BCUT2D eigenvalue weighted by Crippen LogP contribution is 2.22. The molecule has 0 fully saturated rings. The quantitative estimate of drug-likeness (QED) is 0.362. The molecule has 2 aromatic carbocycles. The van der Waals surface area contributed by atoms with Crippen LogP contribution < -0.4 is 5.43 Å². The summed E-state index contributed by atoms with van der Waals surface area (Å²) in [4.78, 5) is 13.0. The molecule has 0 aliphatic heterocycles. The third kappa shape index (κ3) is 5.02. The number of hydrazone groups is 1. The van der Waals surface area contributed by atoms with Crippen LogP contribution in [0.15, 0.2) is 70.7 Å². The van der Waals surface area contributed by atoms with E-state index < -0.39 is 0 Å². The normalized spacial score (nSPS) is 11.1. The highest BCUT2D eigenvalue weighted by molar-refractivity contribution is 8.00. The van der Waals surface area contributed by atoms with Crippen LogP contribution in [0.1, 0.15) is 17.0 Å². The van der Waals surface area contributed by atoms with E-state index in [0.717, 1.165) is 27.5 Å². The van der Waals surface area contributed by atoms with Gasteiger partial charge in [-0.2, -0.15) is 5.10 Å². The van der Waals surface area contributed by atoms with Crippen molar-refractivity contribution in [2.24, 2.45) is 5.10 Å². The summed E-state index contributed by atoms with van der Waals surface area (Å²) >= 11 is 7.59. The number of amides is 1. The number of rotatable bonds is 6. The van der Waals surface area contributed by atoms with Crippen molar-refractivity contribution in [2.75, 3.05) is 5.75 Å². The van der Waals surface area contributed by atoms with Gasteiger partial charge in [0.05, 0.1) is 12.0 Å². The second-order valence-electron chi connectivity index (χ2n) is 6.04. The Morgan fingerprint density at radius 1 is 1.15 bits per heavy atom. The van der Waals surface area contributed by atoms with E-state index in [0.29, 0.717) is 10.8 Å². The number of hydrogen-bond donors (Lipinski definition) is 1. The van der Waals surface area contributed by atoms with Crippen LogP contribution >= 0.6 is 23.4 Å². The first-order valence-corrected chi connectivity index (χ1v) is 9.85. The third-order valence-corrected chi connectivity index (χ3v) is 5.29. The lowest BCUT2D eigenvalue weighted by Crippen LogP contribution is -2.19. The van der Waals surface area contributed by atoms with E-state index in [1.807, 2.05) is 74.5 Å². The summed E-state index contributed by atoms with van der Waals surface area (Å²) in [5.41, 5.74) is 6.64. The van der Waals surface area contributed by atoms with Gasteiger partial charge in [0.15, 0.2) is 0 Å². The summed E-state index contributed by atoms with van der Waals surface area (Å²) in [6, 6.07) is 19.6. The number of carbonyl (C=O) groups is 1. The first-order valence-electron chi connectivity index (χ1n) is 8.49. The van der Waals surface area contributed by atoms with Gasteiger partial charge in [0.1, 0.15) is 0 Å². The fourth-order valence-corrected chi connectivity index (χ4v) is 3.70. The molecule has 0 aliphatic rings. The van der Waals surface area contributed by atoms with Gasteiger partial charge in [0, 0.05) is 32.6 Å². The van der Waals surface area contributed by atoms with Gasteiger partial charge in [-0.1, -0.05) is 35.9 Å². The summed E-state index contributed by atoms with van der Waals surface area (Å²) in [6.07, 6.45) is 1.68. The van der Waals surface area contributed by atoms with Crippen molar-refractivity contribution in [3.8, 4) is 5.69 Å². The molecular formula is C21H20ClN3OS. The minimum absolute atomic E-state index is 0.135. The van der Waals surface area contributed by atoms with Gasteiger partial charge < -0.3 is 4.57 Å². The Morgan fingerprint density at radius 2 is 1.93 bits per heavy atom. The van der Waals surface area contributed by atoms with Crippen LogP contribution in [0.5, 0.6) is 0 Å². The van der Waals surface area contributed by atoms with Crippen molar-refractivity contribution < 1.29 is 4.79 Å². The Balaban J connectivity index is 1.64. The predicted octanol–water partition coefficient (Wildman–Crippen LogP) is 4.99. The van der Waals surface area contributed by atoms with Gasteiger partial charge in [-0.15, -0.1) is 11.8 Å². The molecule has 0 unspecified atom stereocenters. The minimum atomic E-state index is -0.135. The lowest BCUT2D eigenvalue weighted by molar-refractivity contribution is -0.118. The zero-order valence-corrected chi connectivity index (χ0v) is 16.7. The van der Waals surface area contributed by atoms with Crippen LogP contribution in [-0.4, -0.2) is 22.4 Å². The molecule has 0 radical (unpaired) electrons. The minimum Gasteiger partial charge on any atom is -0.318 e. The van der Waals surface area contributed by atoms with Crippen molar-refractivity contribution >= 4 is 35.5 Å². The maximum absolute atomic E-state index is 12.0. The van der Waals surface area contributed by atoms with E-state index in [9.17, 15) is 4.79 Å². The van der Waals surface area contributed by atoms with Crippen LogP contribution in [0.4, 0.5) is 0 Å². The SMILES string of the molecule is Cc1cc(/C=N\NC(=O)CSc2ccccc2)c(C)n1-c1cccc(Cl)c1. The van der Waals surface area contributed by atoms with E-state index >= 15 is 0 Å². The molecule has 6 heteroatoms. The molecule has 3 aromatic rings. The van der Waals surface area contributed by atoms with E-state index in [1.54, 1.807) is 6.21 Å². The number of nitrogens with one attached hydrogen (secondary N) is 1. The molecule has 1 amide bonds. The lowest BCUT2D eigenvalue weighted by atomic mass is 10.2. The number of benzene rings is 2. The van der Waals surface area contributed by atoms with E-state index in [2.05, 4.69) is 15.1 Å². The Hall–Kier alpha value is -2.50. The average Bonchev–Trinajstić information content (AvgIpc) is 2.94. The molecule has 1 heterocycles. The van der Waals surface area contributed by atoms with Gasteiger partial charge in [0.25, 0.3) is 0 Å². The van der Waals surface area contributed by atoms with Gasteiger partial charge in [-0.3, -0.25) is 4.79 Å². The number of halogens is 1. The van der Waals surface area contributed by atoms with Gasteiger partial charge in [-0.05, 0) is 50.2 Å². The van der Waals surface area contributed by atoms with Crippen LogP contribution in [-0.2, 0) is 4.79 Å².